The summed E-state index contributed by atoms with van der Waals surface area (Å²) in [6.07, 6.45) is 0. The van der Waals surface area contributed by atoms with Crippen LogP contribution < -0.4 is 5.73 Å². The lowest BCUT2D eigenvalue weighted by Crippen LogP contribution is -2.11. The number of nitrogens with zero attached hydrogens (tertiary/aromatic N) is 1. The van der Waals surface area contributed by atoms with Gasteiger partial charge in [0.1, 0.15) is 17.1 Å². The zero-order chi connectivity index (χ0) is 18.0. The molecular weight excluding hydrogens is 316 g/mol. The van der Waals surface area contributed by atoms with Crippen molar-refractivity contribution in [3.63, 3.8) is 0 Å². The van der Waals surface area contributed by atoms with Crippen molar-refractivity contribution in [1.29, 1.82) is 0 Å². The van der Waals surface area contributed by atoms with Crippen LogP contribution in [0.3, 0.4) is 0 Å². The molecule has 1 heterocycles. The van der Waals surface area contributed by atoms with Crippen molar-refractivity contribution in [2.45, 2.75) is 6.92 Å². The van der Waals surface area contributed by atoms with Crippen molar-refractivity contribution >= 4 is 17.6 Å². The topological polar surface area (TPSA) is 93.3 Å². The van der Waals surface area contributed by atoms with E-state index in [1.165, 1.54) is 12.1 Å². The number of carbonyl (C=O) groups is 2. The van der Waals surface area contributed by atoms with E-state index >= 15 is 0 Å². The second-order valence-electron chi connectivity index (χ2n) is 5.68. The lowest BCUT2D eigenvalue weighted by molar-refractivity contribution is 0.0697. The summed E-state index contributed by atoms with van der Waals surface area (Å²) in [7, 11) is 0. The fraction of sp³-hybridized carbons (Fsp3) is 0.0500. The molecular formula is C20H16N2O3. The van der Waals surface area contributed by atoms with Crippen LogP contribution >= 0.6 is 0 Å². The Morgan fingerprint density at radius 2 is 1.60 bits per heavy atom. The van der Waals surface area contributed by atoms with Crippen molar-refractivity contribution < 1.29 is 14.7 Å². The van der Waals surface area contributed by atoms with Crippen LogP contribution in [0.4, 0.5) is 5.82 Å². The maximum absolute atomic E-state index is 12.9. The Hall–Kier alpha value is -3.47. The van der Waals surface area contributed by atoms with Crippen LogP contribution in [-0.4, -0.2) is 21.8 Å². The van der Waals surface area contributed by atoms with Gasteiger partial charge < -0.3 is 10.8 Å². The minimum atomic E-state index is -1.18. The van der Waals surface area contributed by atoms with Crippen molar-refractivity contribution in [3.05, 3.63) is 83.0 Å². The van der Waals surface area contributed by atoms with E-state index in [9.17, 15) is 9.59 Å². The third kappa shape index (κ3) is 3.26. The van der Waals surface area contributed by atoms with Crippen LogP contribution in [0.2, 0.25) is 0 Å². The Labute approximate surface area is 144 Å². The first-order valence-electron chi connectivity index (χ1n) is 7.68. The molecule has 25 heavy (non-hydrogen) atoms. The molecule has 0 spiro atoms. The molecule has 0 saturated carbocycles. The number of ketones is 1. The largest absolute Gasteiger partial charge is 0.478 e. The first-order valence-corrected chi connectivity index (χ1v) is 7.68. The first-order chi connectivity index (χ1) is 12.0. The summed E-state index contributed by atoms with van der Waals surface area (Å²) >= 11 is 0. The number of rotatable bonds is 4. The Kier molecular flexibility index (Phi) is 4.31. The van der Waals surface area contributed by atoms with E-state index in [0.29, 0.717) is 5.56 Å². The summed E-state index contributed by atoms with van der Waals surface area (Å²) in [6.45, 7) is 2.00. The summed E-state index contributed by atoms with van der Waals surface area (Å²) in [5.41, 5.74) is 8.98. The molecule has 0 atom stereocenters. The minimum absolute atomic E-state index is 0.113. The predicted molar refractivity (Wildman–Crippen MR) is 95.7 cm³/mol. The fourth-order valence-corrected chi connectivity index (χ4v) is 2.59. The highest BCUT2D eigenvalue weighted by Crippen LogP contribution is 2.26. The lowest BCUT2D eigenvalue weighted by atomic mass is 9.95. The van der Waals surface area contributed by atoms with Crippen LogP contribution in [0.1, 0.15) is 32.0 Å². The Balaban J connectivity index is 2.05. The van der Waals surface area contributed by atoms with Gasteiger partial charge in [0.25, 0.3) is 0 Å². The van der Waals surface area contributed by atoms with E-state index in [0.717, 1.165) is 16.7 Å². The molecule has 0 unspecified atom stereocenters. The molecule has 0 amide bonds. The summed E-state index contributed by atoms with van der Waals surface area (Å²) in [6, 6.07) is 17.8. The van der Waals surface area contributed by atoms with Crippen LogP contribution in [0.25, 0.3) is 11.1 Å². The second kappa shape index (κ2) is 6.57. The lowest BCUT2D eigenvalue weighted by Gasteiger charge is -2.10. The van der Waals surface area contributed by atoms with Crippen LogP contribution in [0.15, 0.2) is 60.7 Å². The molecule has 3 N–H and O–H groups in total. The average Bonchev–Trinajstić information content (AvgIpc) is 2.61. The highest BCUT2D eigenvalue weighted by Gasteiger charge is 2.18. The summed E-state index contributed by atoms with van der Waals surface area (Å²) < 4.78 is 0. The predicted octanol–water partition coefficient (Wildman–Crippen LogP) is 3.57. The molecule has 3 aromatic rings. The number of carboxylic acids is 1. The zero-order valence-electron chi connectivity index (χ0n) is 13.6. The van der Waals surface area contributed by atoms with Gasteiger partial charge in [0.05, 0.1) is 0 Å². The molecule has 0 aliphatic rings. The number of nitrogen functional groups attached to an aromatic ring is 1. The van der Waals surface area contributed by atoms with Gasteiger partial charge in [-0.3, -0.25) is 4.79 Å². The van der Waals surface area contributed by atoms with E-state index in [1.54, 1.807) is 12.1 Å². The van der Waals surface area contributed by atoms with Gasteiger partial charge in [-0.05, 0) is 30.2 Å². The number of pyridine rings is 1. The molecule has 2 aromatic carbocycles. The number of nitrogens with two attached hydrogens (primary N) is 1. The van der Waals surface area contributed by atoms with E-state index in [-0.39, 0.29) is 22.9 Å². The van der Waals surface area contributed by atoms with E-state index < -0.39 is 5.97 Å². The molecule has 5 heteroatoms. The van der Waals surface area contributed by atoms with Crippen LogP contribution in [0.5, 0.6) is 0 Å². The summed E-state index contributed by atoms with van der Waals surface area (Å²) in [5, 5.41) is 9.02. The number of carboxylic acid groups (broad SMARTS) is 1. The van der Waals surface area contributed by atoms with Gasteiger partial charge in [-0.25, -0.2) is 9.78 Å². The highest BCUT2D eigenvalue weighted by molar-refractivity contribution is 6.12. The Morgan fingerprint density at radius 3 is 2.24 bits per heavy atom. The van der Waals surface area contributed by atoms with Crippen LogP contribution in [-0.2, 0) is 0 Å². The standard InChI is InChI=1S/C20H16N2O3/c1-12-6-8-13(9-7-12)14-4-2-3-5-15(14)18(23)17-11-10-16(20(24)25)19(21)22-17/h2-11H,1H3,(H2,21,22)(H,24,25). The molecule has 0 aliphatic carbocycles. The quantitative estimate of drug-likeness (QED) is 0.712. The Morgan fingerprint density at radius 1 is 0.920 bits per heavy atom. The van der Waals surface area contributed by atoms with E-state index in [1.807, 2.05) is 43.3 Å². The molecule has 0 radical (unpaired) electrons. The van der Waals surface area contributed by atoms with Crippen LogP contribution in [0, 0.1) is 6.92 Å². The number of carbonyl (C=O) groups excluding carboxylic acids is 1. The maximum atomic E-state index is 12.9. The van der Waals surface area contributed by atoms with Gasteiger partial charge in [0.2, 0.25) is 5.78 Å². The van der Waals surface area contributed by atoms with E-state index in [4.69, 9.17) is 10.8 Å². The second-order valence-corrected chi connectivity index (χ2v) is 5.68. The fourth-order valence-electron chi connectivity index (χ4n) is 2.59. The number of hydrogen-bond donors (Lipinski definition) is 2. The molecule has 0 aliphatic heterocycles. The van der Waals surface area contributed by atoms with Gasteiger partial charge in [0.15, 0.2) is 0 Å². The third-order valence-electron chi connectivity index (χ3n) is 3.92. The molecule has 124 valence electrons. The molecule has 5 nitrogen and oxygen atoms in total. The monoisotopic (exact) mass is 332 g/mol. The number of aryl methyl sites for hydroxylation is 1. The molecule has 0 bridgehead atoms. The van der Waals surface area contributed by atoms with Gasteiger partial charge in [-0.1, -0.05) is 54.1 Å². The average molecular weight is 332 g/mol. The van der Waals surface area contributed by atoms with Crippen molar-refractivity contribution in [2.75, 3.05) is 5.73 Å². The molecule has 3 rings (SSSR count). The van der Waals surface area contributed by atoms with E-state index in [2.05, 4.69) is 4.98 Å². The first kappa shape index (κ1) is 16.4. The number of benzene rings is 2. The zero-order valence-corrected chi connectivity index (χ0v) is 13.6. The maximum Gasteiger partial charge on any atom is 0.339 e. The SMILES string of the molecule is Cc1ccc(-c2ccccc2C(=O)c2ccc(C(=O)O)c(N)n2)cc1. The number of hydrogen-bond acceptors (Lipinski definition) is 4. The van der Waals surface area contributed by atoms with Gasteiger partial charge >= 0.3 is 5.97 Å². The smallest absolute Gasteiger partial charge is 0.339 e. The van der Waals surface area contributed by atoms with Gasteiger partial charge in [-0.15, -0.1) is 0 Å². The number of aromatic nitrogens is 1. The van der Waals surface area contributed by atoms with Crippen molar-refractivity contribution in [2.24, 2.45) is 0 Å². The van der Waals surface area contributed by atoms with Crippen molar-refractivity contribution in [3.8, 4) is 11.1 Å². The normalized spacial score (nSPS) is 10.4. The molecule has 1 aromatic heterocycles. The number of anilines is 1. The molecule has 0 fully saturated rings. The molecule has 0 saturated heterocycles. The Bertz CT molecular complexity index is 963. The van der Waals surface area contributed by atoms with Gasteiger partial charge in [-0.2, -0.15) is 0 Å². The number of aromatic carboxylic acids is 1. The summed E-state index contributed by atoms with van der Waals surface area (Å²) in [4.78, 5) is 27.9. The third-order valence-corrected chi connectivity index (χ3v) is 3.92. The highest BCUT2D eigenvalue weighted by atomic mass is 16.4. The van der Waals surface area contributed by atoms with Gasteiger partial charge in [0, 0.05) is 5.56 Å². The minimum Gasteiger partial charge on any atom is -0.478 e. The van der Waals surface area contributed by atoms with Crippen molar-refractivity contribution in [1.82, 2.24) is 4.98 Å². The summed E-state index contributed by atoms with van der Waals surface area (Å²) in [5.74, 6) is -1.66.